The first kappa shape index (κ1) is 13.9. The van der Waals surface area contributed by atoms with Crippen molar-refractivity contribution in [3.8, 4) is 0 Å². The average Bonchev–Trinajstić information content (AvgIpc) is 2.28. The van der Waals surface area contributed by atoms with Gasteiger partial charge in [-0.15, -0.1) is 0 Å². The molecule has 0 spiro atoms. The lowest BCUT2D eigenvalue weighted by molar-refractivity contribution is -0.115. The van der Waals surface area contributed by atoms with Gasteiger partial charge >= 0.3 is 0 Å². The fourth-order valence-electron chi connectivity index (χ4n) is 1.32. The molecule has 0 aliphatic carbocycles. The fraction of sp³-hybridized carbons (Fsp3) is 0.462. The summed E-state index contributed by atoms with van der Waals surface area (Å²) in [4.78, 5) is 13.6. The first-order valence-corrected chi connectivity index (χ1v) is 6.86. The zero-order chi connectivity index (χ0) is 12.8. The normalized spacial score (nSPS) is 10.6. The lowest BCUT2D eigenvalue weighted by atomic mass is 10.2. The molecule has 0 fully saturated rings. The van der Waals surface area contributed by atoms with Crippen molar-refractivity contribution in [2.24, 2.45) is 5.92 Å². The Morgan fingerprint density at radius 1 is 1.35 bits per heavy atom. The molecule has 2 N–H and O–H groups in total. The summed E-state index contributed by atoms with van der Waals surface area (Å²) in [6, 6.07) is 7.33. The van der Waals surface area contributed by atoms with Crippen LogP contribution in [0.15, 0.2) is 24.3 Å². The van der Waals surface area contributed by atoms with Crippen LogP contribution in [0.4, 0.5) is 11.4 Å². The molecule has 0 atom stereocenters. The highest BCUT2D eigenvalue weighted by molar-refractivity contribution is 7.99. The molecule has 0 radical (unpaired) electrons. The van der Waals surface area contributed by atoms with Crippen molar-refractivity contribution in [2.75, 3.05) is 29.2 Å². The Balaban J connectivity index is 2.49. The minimum absolute atomic E-state index is 0.125. The number of nitrogen functional groups attached to an aromatic ring is 1. The largest absolute Gasteiger partial charge is 0.399 e. The Morgan fingerprint density at radius 3 is 2.47 bits per heavy atom. The van der Waals surface area contributed by atoms with E-state index in [0.29, 0.717) is 17.4 Å². The summed E-state index contributed by atoms with van der Waals surface area (Å²) in [6.07, 6.45) is 0. The van der Waals surface area contributed by atoms with E-state index in [-0.39, 0.29) is 5.91 Å². The Morgan fingerprint density at radius 2 is 1.94 bits per heavy atom. The molecule has 0 aliphatic heterocycles. The van der Waals surface area contributed by atoms with E-state index in [1.54, 1.807) is 35.8 Å². The standard InChI is InChI=1S/C13H20N2OS/c1-10(2)8-17-9-13(16)15(3)12-6-4-11(14)5-7-12/h4-7,10H,8-9,14H2,1-3H3. The third-order valence-corrected chi connectivity index (χ3v) is 3.68. The summed E-state index contributed by atoms with van der Waals surface area (Å²) in [5.41, 5.74) is 7.20. The van der Waals surface area contributed by atoms with E-state index < -0.39 is 0 Å². The van der Waals surface area contributed by atoms with Crippen molar-refractivity contribution >= 4 is 29.0 Å². The van der Waals surface area contributed by atoms with Crippen molar-refractivity contribution in [1.29, 1.82) is 0 Å². The molecule has 0 aliphatic rings. The van der Waals surface area contributed by atoms with Gasteiger partial charge in [0.25, 0.3) is 0 Å². The molecule has 0 heterocycles. The maximum Gasteiger partial charge on any atom is 0.236 e. The third kappa shape index (κ3) is 4.69. The lowest BCUT2D eigenvalue weighted by Gasteiger charge is -2.17. The van der Waals surface area contributed by atoms with Gasteiger partial charge in [-0.2, -0.15) is 11.8 Å². The van der Waals surface area contributed by atoms with Crippen LogP contribution >= 0.6 is 11.8 Å². The molecule has 1 aromatic rings. The van der Waals surface area contributed by atoms with Crippen LogP contribution in [0, 0.1) is 5.92 Å². The molecule has 0 aromatic heterocycles. The van der Waals surface area contributed by atoms with Crippen LogP contribution in [-0.2, 0) is 4.79 Å². The van der Waals surface area contributed by atoms with E-state index in [0.717, 1.165) is 11.4 Å². The molecule has 0 saturated carbocycles. The molecular formula is C13H20N2OS. The van der Waals surface area contributed by atoms with Gasteiger partial charge in [-0.05, 0) is 35.9 Å². The third-order valence-electron chi connectivity index (χ3n) is 2.33. The Kier molecular flexibility index (Phi) is 5.35. The van der Waals surface area contributed by atoms with Crippen molar-refractivity contribution in [1.82, 2.24) is 0 Å². The van der Waals surface area contributed by atoms with Gasteiger partial charge in [0.15, 0.2) is 0 Å². The molecule has 94 valence electrons. The van der Waals surface area contributed by atoms with Crippen LogP contribution in [0.25, 0.3) is 0 Å². The number of amides is 1. The first-order chi connectivity index (χ1) is 8.00. The topological polar surface area (TPSA) is 46.3 Å². The predicted octanol–water partition coefficient (Wildman–Crippen LogP) is 2.62. The van der Waals surface area contributed by atoms with Gasteiger partial charge in [0.1, 0.15) is 0 Å². The second-order valence-corrected chi connectivity index (χ2v) is 5.48. The molecule has 1 amide bonds. The predicted molar refractivity (Wildman–Crippen MR) is 76.4 cm³/mol. The van der Waals surface area contributed by atoms with E-state index in [1.165, 1.54) is 0 Å². The molecule has 0 bridgehead atoms. The highest BCUT2D eigenvalue weighted by Crippen LogP contribution is 2.16. The zero-order valence-corrected chi connectivity index (χ0v) is 11.5. The first-order valence-electron chi connectivity index (χ1n) is 5.70. The molecular weight excluding hydrogens is 232 g/mol. The van der Waals surface area contributed by atoms with E-state index in [9.17, 15) is 4.79 Å². The van der Waals surface area contributed by atoms with Gasteiger partial charge in [0.2, 0.25) is 5.91 Å². The summed E-state index contributed by atoms with van der Waals surface area (Å²) >= 11 is 1.68. The number of benzene rings is 1. The minimum Gasteiger partial charge on any atom is -0.399 e. The molecule has 1 aromatic carbocycles. The highest BCUT2D eigenvalue weighted by atomic mass is 32.2. The summed E-state index contributed by atoms with van der Waals surface area (Å²) in [5, 5.41) is 0. The van der Waals surface area contributed by atoms with Crippen LogP contribution in [0.3, 0.4) is 0 Å². The maximum absolute atomic E-state index is 11.9. The van der Waals surface area contributed by atoms with Gasteiger partial charge in [0.05, 0.1) is 5.75 Å². The van der Waals surface area contributed by atoms with E-state index in [2.05, 4.69) is 13.8 Å². The van der Waals surface area contributed by atoms with Crippen LogP contribution < -0.4 is 10.6 Å². The van der Waals surface area contributed by atoms with Gasteiger partial charge in [-0.1, -0.05) is 13.8 Å². The fourth-order valence-corrected chi connectivity index (χ4v) is 2.28. The van der Waals surface area contributed by atoms with Crippen LogP contribution in [0.1, 0.15) is 13.8 Å². The van der Waals surface area contributed by atoms with Crippen molar-refractivity contribution in [2.45, 2.75) is 13.8 Å². The molecule has 3 nitrogen and oxygen atoms in total. The van der Waals surface area contributed by atoms with E-state index in [4.69, 9.17) is 5.73 Å². The molecule has 4 heteroatoms. The number of rotatable bonds is 5. The quantitative estimate of drug-likeness (QED) is 0.819. The van der Waals surface area contributed by atoms with Crippen molar-refractivity contribution in [3.63, 3.8) is 0 Å². The summed E-state index contributed by atoms with van der Waals surface area (Å²) < 4.78 is 0. The lowest BCUT2D eigenvalue weighted by Crippen LogP contribution is -2.28. The van der Waals surface area contributed by atoms with Crippen molar-refractivity contribution in [3.05, 3.63) is 24.3 Å². The number of carbonyl (C=O) groups excluding carboxylic acids is 1. The summed E-state index contributed by atoms with van der Waals surface area (Å²) in [5.74, 6) is 2.29. The minimum atomic E-state index is 0.125. The number of carbonyl (C=O) groups is 1. The molecule has 0 saturated heterocycles. The number of thioether (sulfide) groups is 1. The second kappa shape index (κ2) is 6.55. The monoisotopic (exact) mass is 252 g/mol. The van der Waals surface area contributed by atoms with Gasteiger partial charge < -0.3 is 10.6 Å². The van der Waals surface area contributed by atoms with E-state index >= 15 is 0 Å². The number of nitrogens with zero attached hydrogens (tertiary/aromatic N) is 1. The second-order valence-electron chi connectivity index (χ2n) is 4.45. The number of hydrogen-bond donors (Lipinski definition) is 1. The Bertz CT molecular complexity index is 362. The highest BCUT2D eigenvalue weighted by Gasteiger charge is 2.10. The van der Waals surface area contributed by atoms with Crippen LogP contribution in [-0.4, -0.2) is 24.5 Å². The molecule has 1 rings (SSSR count). The number of hydrogen-bond acceptors (Lipinski definition) is 3. The van der Waals surface area contributed by atoms with Crippen LogP contribution in [0.5, 0.6) is 0 Å². The van der Waals surface area contributed by atoms with Gasteiger partial charge in [-0.3, -0.25) is 4.79 Å². The summed E-state index contributed by atoms with van der Waals surface area (Å²) in [6.45, 7) is 4.31. The maximum atomic E-state index is 11.9. The average molecular weight is 252 g/mol. The Labute approximate surface area is 107 Å². The SMILES string of the molecule is CC(C)CSCC(=O)N(C)c1ccc(N)cc1. The smallest absolute Gasteiger partial charge is 0.236 e. The Hall–Kier alpha value is -1.16. The van der Waals surface area contributed by atoms with Gasteiger partial charge in [-0.25, -0.2) is 0 Å². The molecule has 17 heavy (non-hydrogen) atoms. The molecule has 0 unspecified atom stereocenters. The summed E-state index contributed by atoms with van der Waals surface area (Å²) in [7, 11) is 1.80. The van der Waals surface area contributed by atoms with Crippen LogP contribution in [0.2, 0.25) is 0 Å². The van der Waals surface area contributed by atoms with E-state index in [1.807, 2.05) is 12.1 Å². The number of anilines is 2. The zero-order valence-electron chi connectivity index (χ0n) is 10.6. The van der Waals surface area contributed by atoms with Crippen molar-refractivity contribution < 1.29 is 4.79 Å². The number of nitrogens with two attached hydrogens (primary N) is 1. The van der Waals surface area contributed by atoms with Gasteiger partial charge in [0, 0.05) is 18.4 Å².